The summed E-state index contributed by atoms with van der Waals surface area (Å²) >= 11 is 1.49. The van der Waals surface area contributed by atoms with Gasteiger partial charge >= 0.3 is 0 Å². The largest absolute Gasteiger partial charge is 0.368 e. The van der Waals surface area contributed by atoms with Crippen molar-refractivity contribution < 1.29 is 0 Å². The molecule has 28 heavy (non-hydrogen) atoms. The molecule has 4 aromatic rings. The number of nitrogens with one attached hydrogen (secondary N) is 1. The number of para-hydroxylation sites is 1. The number of nitrogen functional groups attached to an aromatic ring is 1. The van der Waals surface area contributed by atoms with E-state index in [9.17, 15) is 0 Å². The first-order valence-electron chi connectivity index (χ1n) is 8.59. The van der Waals surface area contributed by atoms with E-state index < -0.39 is 0 Å². The molecule has 3 N–H and O–H groups in total. The third kappa shape index (κ3) is 4.09. The molecular weight excluding hydrogens is 372 g/mol. The average molecular weight is 390 g/mol. The van der Waals surface area contributed by atoms with Crippen LogP contribution in [0, 0.1) is 0 Å². The van der Waals surface area contributed by atoms with Crippen molar-refractivity contribution in [3.8, 4) is 11.4 Å². The molecule has 2 aromatic heterocycles. The quantitative estimate of drug-likeness (QED) is 0.483. The lowest BCUT2D eigenvalue weighted by molar-refractivity contribution is 0.792. The van der Waals surface area contributed by atoms with Gasteiger partial charge in [0.1, 0.15) is 5.82 Å². The van der Waals surface area contributed by atoms with Gasteiger partial charge in [0.2, 0.25) is 11.9 Å². The maximum atomic E-state index is 5.85. The minimum absolute atomic E-state index is 0.173. The number of aromatic nitrogens is 6. The lowest BCUT2D eigenvalue weighted by Gasteiger charge is -2.07. The summed E-state index contributed by atoms with van der Waals surface area (Å²) in [6.45, 7) is 0. The van der Waals surface area contributed by atoms with Crippen LogP contribution in [0.2, 0.25) is 0 Å². The average Bonchev–Trinajstić information content (AvgIpc) is 3.08. The Balaban J connectivity index is 1.49. The lowest BCUT2D eigenvalue weighted by atomic mass is 10.2. The maximum Gasteiger partial charge on any atom is 0.232 e. The van der Waals surface area contributed by atoms with Gasteiger partial charge in [-0.3, -0.25) is 0 Å². The maximum absolute atomic E-state index is 5.85. The van der Waals surface area contributed by atoms with Crippen LogP contribution in [0.4, 0.5) is 17.6 Å². The van der Waals surface area contributed by atoms with Crippen LogP contribution in [0.5, 0.6) is 0 Å². The zero-order chi connectivity index (χ0) is 19.3. The Morgan fingerprint density at radius 3 is 2.39 bits per heavy atom. The van der Waals surface area contributed by atoms with E-state index in [2.05, 4.69) is 30.5 Å². The molecule has 0 atom stereocenters. The minimum Gasteiger partial charge on any atom is -0.368 e. The Morgan fingerprint density at radius 2 is 1.64 bits per heavy atom. The van der Waals surface area contributed by atoms with Gasteiger partial charge < -0.3 is 15.6 Å². The van der Waals surface area contributed by atoms with Crippen molar-refractivity contribution >= 4 is 29.3 Å². The lowest BCUT2D eigenvalue weighted by Crippen LogP contribution is -2.06. The highest BCUT2D eigenvalue weighted by atomic mass is 32.2. The van der Waals surface area contributed by atoms with Crippen LogP contribution in [0.15, 0.2) is 65.8 Å². The molecule has 2 aromatic carbocycles. The second kappa shape index (κ2) is 8.05. The fourth-order valence-corrected chi connectivity index (χ4v) is 3.38. The van der Waals surface area contributed by atoms with E-state index >= 15 is 0 Å². The first kappa shape index (κ1) is 17.9. The van der Waals surface area contributed by atoms with Gasteiger partial charge in [-0.05, 0) is 12.1 Å². The Morgan fingerprint density at radius 1 is 0.929 bits per heavy atom. The van der Waals surface area contributed by atoms with Crippen molar-refractivity contribution in [2.75, 3.05) is 11.1 Å². The number of nitrogens with zero attached hydrogens (tertiary/aromatic N) is 6. The van der Waals surface area contributed by atoms with Crippen molar-refractivity contribution in [1.82, 2.24) is 29.7 Å². The van der Waals surface area contributed by atoms with E-state index in [0.29, 0.717) is 17.5 Å². The van der Waals surface area contributed by atoms with Crippen LogP contribution >= 0.6 is 11.8 Å². The van der Waals surface area contributed by atoms with E-state index in [-0.39, 0.29) is 5.95 Å². The summed E-state index contributed by atoms with van der Waals surface area (Å²) in [6, 6.07) is 19.6. The van der Waals surface area contributed by atoms with Gasteiger partial charge in [0.25, 0.3) is 0 Å². The Labute approximate surface area is 166 Å². The fourth-order valence-electron chi connectivity index (χ4n) is 2.62. The number of hydrogen-bond acceptors (Lipinski definition) is 8. The summed E-state index contributed by atoms with van der Waals surface area (Å²) in [4.78, 5) is 12.8. The first-order valence-corrected chi connectivity index (χ1v) is 9.58. The molecule has 2 heterocycles. The highest BCUT2D eigenvalue weighted by molar-refractivity contribution is 7.98. The fraction of sp³-hybridized carbons (Fsp3) is 0.105. The van der Waals surface area contributed by atoms with Crippen LogP contribution in [0.3, 0.4) is 0 Å². The molecular formula is C19H18N8S. The molecule has 140 valence electrons. The molecule has 0 aliphatic rings. The molecule has 0 amide bonds. The number of nitrogens with two attached hydrogens (primary N) is 1. The molecule has 0 radical (unpaired) electrons. The number of anilines is 3. The summed E-state index contributed by atoms with van der Waals surface area (Å²) in [7, 11) is 1.94. The van der Waals surface area contributed by atoms with E-state index in [1.807, 2.05) is 72.3 Å². The minimum atomic E-state index is 0.173. The molecule has 0 spiro atoms. The van der Waals surface area contributed by atoms with Crippen molar-refractivity contribution in [3.63, 3.8) is 0 Å². The molecule has 0 aliphatic heterocycles. The predicted octanol–water partition coefficient (Wildman–Crippen LogP) is 3.29. The van der Waals surface area contributed by atoms with Crippen molar-refractivity contribution in [2.24, 2.45) is 7.05 Å². The predicted molar refractivity (Wildman–Crippen MR) is 110 cm³/mol. The zero-order valence-corrected chi connectivity index (χ0v) is 16.0. The van der Waals surface area contributed by atoms with E-state index in [1.165, 1.54) is 11.8 Å². The Hall–Kier alpha value is -3.46. The number of rotatable bonds is 6. The summed E-state index contributed by atoms with van der Waals surface area (Å²) < 4.78 is 1.95. The molecule has 0 fully saturated rings. The van der Waals surface area contributed by atoms with Crippen LogP contribution in [-0.2, 0) is 12.8 Å². The van der Waals surface area contributed by atoms with Gasteiger partial charge in [-0.25, -0.2) is 0 Å². The molecule has 0 bridgehead atoms. The van der Waals surface area contributed by atoms with Crippen molar-refractivity contribution in [2.45, 2.75) is 10.9 Å². The third-order valence-corrected chi connectivity index (χ3v) is 4.94. The highest BCUT2D eigenvalue weighted by Crippen LogP contribution is 2.24. The van der Waals surface area contributed by atoms with Gasteiger partial charge in [-0.15, -0.1) is 10.2 Å². The van der Waals surface area contributed by atoms with E-state index in [0.717, 1.165) is 22.2 Å². The van der Waals surface area contributed by atoms with Gasteiger partial charge in [0, 0.05) is 18.3 Å². The highest BCUT2D eigenvalue weighted by Gasteiger charge is 2.12. The number of thioether (sulfide) groups is 1. The standard InChI is InChI=1S/C19H18N8S/c1-27-16(13-8-4-2-5-9-13)25-26-19(27)28-12-15-22-17(20)24-18(23-15)21-14-10-6-3-7-11-14/h2-11H,12H2,1H3,(H3,20,21,22,23,24). The number of benzene rings is 2. The smallest absolute Gasteiger partial charge is 0.232 e. The zero-order valence-electron chi connectivity index (χ0n) is 15.1. The SMILES string of the molecule is Cn1c(SCc2nc(N)nc(Nc3ccccc3)n2)nnc1-c1ccccc1. The molecule has 9 heteroatoms. The molecule has 0 unspecified atom stereocenters. The molecule has 0 saturated heterocycles. The second-order valence-corrected chi connectivity index (χ2v) is 6.89. The molecule has 0 saturated carbocycles. The Kier molecular flexibility index (Phi) is 5.16. The van der Waals surface area contributed by atoms with Crippen LogP contribution in [0.25, 0.3) is 11.4 Å². The van der Waals surface area contributed by atoms with Crippen LogP contribution < -0.4 is 11.1 Å². The third-order valence-electron chi connectivity index (χ3n) is 3.93. The van der Waals surface area contributed by atoms with Gasteiger partial charge in [-0.2, -0.15) is 15.0 Å². The van der Waals surface area contributed by atoms with E-state index in [4.69, 9.17) is 5.73 Å². The molecule has 0 aliphatic carbocycles. The van der Waals surface area contributed by atoms with Gasteiger partial charge in [-0.1, -0.05) is 60.3 Å². The molecule has 8 nitrogen and oxygen atoms in total. The van der Waals surface area contributed by atoms with Gasteiger partial charge in [0.15, 0.2) is 11.0 Å². The summed E-state index contributed by atoms with van der Waals surface area (Å²) in [6.07, 6.45) is 0. The summed E-state index contributed by atoms with van der Waals surface area (Å²) in [5.74, 6) is 2.46. The van der Waals surface area contributed by atoms with E-state index in [1.54, 1.807) is 0 Å². The monoisotopic (exact) mass is 390 g/mol. The van der Waals surface area contributed by atoms with Gasteiger partial charge in [0.05, 0.1) is 5.75 Å². The molecule has 4 rings (SSSR count). The topological polar surface area (TPSA) is 107 Å². The first-order chi connectivity index (χ1) is 13.7. The summed E-state index contributed by atoms with van der Waals surface area (Å²) in [5.41, 5.74) is 7.75. The van der Waals surface area contributed by atoms with Crippen molar-refractivity contribution in [3.05, 3.63) is 66.5 Å². The second-order valence-electron chi connectivity index (χ2n) is 5.94. The van der Waals surface area contributed by atoms with Crippen molar-refractivity contribution in [1.29, 1.82) is 0 Å². The Bertz CT molecular complexity index is 1070. The number of hydrogen-bond donors (Lipinski definition) is 2. The van der Waals surface area contributed by atoms with Crippen LogP contribution in [0.1, 0.15) is 5.82 Å². The van der Waals surface area contributed by atoms with Crippen LogP contribution in [-0.4, -0.2) is 29.7 Å². The summed E-state index contributed by atoms with van der Waals surface area (Å²) in [5, 5.41) is 12.5. The normalized spacial score (nSPS) is 10.8.